The zero-order chi connectivity index (χ0) is 14.4. The molecule has 1 amide bonds. The Kier molecular flexibility index (Phi) is 5.69. The van der Waals surface area contributed by atoms with E-state index in [0.717, 1.165) is 0 Å². The van der Waals surface area contributed by atoms with Crippen LogP contribution >= 0.6 is 0 Å². The van der Waals surface area contributed by atoms with E-state index in [0.29, 0.717) is 16.8 Å². The average molecular weight is 273 g/mol. The van der Waals surface area contributed by atoms with Crippen molar-refractivity contribution in [2.75, 3.05) is 18.5 Å². The highest BCUT2D eigenvalue weighted by molar-refractivity contribution is 5.91. The van der Waals surface area contributed by atoms with E-state index in [2.05, 4.69) is 10.1 Å². The van der Waals surface area contributed by atoms with Crippen LogP contribution in [0.15, 0.2) is 12.1 Å². The van der Waals surface area contributed by atoms with E-state index >= 15 is 0 Å². The van der Waals surface area contributed by atoms with Crippen LogP contribution in [0, 0.1) is 13.8 Å². The van der Waals surface area contributed by atoms with Crippen molar-refractivity contribution in [3.05, 3.63) is 23.3 Å². The predicted octanol–water partition coefficient (Wildman–Crippen LogP) is 2.62. The quantitative estimate of drug-likeness (QED) is 0.618. The van der Waals surface area contributed by atoms with Gasteiger partial charge in [-0.25, -0.2) is 8.78 Å². The number of rotatable bonds is 6. The molecule has 2 N–H and O–H groups in total. The van der Waals surface area contributed by atoms with Gasteiger partial charge in [-0.2, -0.15) is 0 Å². The van der Waals surface area contributed by atoms with Gasteiger partial charge in [0.25, 0.3) is 6.43 Å². The van der Waals surface area contributed by atoms with Crippen LogP contribution in [0.2, 0.25) is 0 Å². The van der Waals surface area contributed by atoms with Crippen LogP contribution in [-0.4, -0.2) is 30.7 Å². The lowest BCUT2D eigenvalue weighted by Gasteiger charge is -2.09. The summed E-state index contributed by atoms with van der Waals surface area (Å²) >= 11 is 0. The Morgan fingerprint density at radius 1 is 1.37 bits per heavy atom. The molecule has 0 saturated heterocycles. The molecule has 0 aromatic heterocycles. The fourth-order valence-corrected chi connectivity index (χ4v) is 1.59. The number of alkyl halides is 2. The summed E-state index contributed by atoms with van der Waals surface area (Å²) in [5, 5.41) is 12.2. The van der Waals surface area contributed by atoms with Gasteiger partial charge in [0, 0.05) is 5.69 Å². The number of anilines is 1. The number of hydrogen-bond acceptors (Lipinski definition) is 3. The number of halogens is 2. The molecule has 1 aromatic carbocycles. The number of carbonyl (C=O) groups is 1. The highest BCUT2D eigenvalue weighted by Gasteiger charge is 2.08. The Morgan fingerprint density at radius 3 is 2.47 bits per heavy atom. The van der Waals surface area contributed by atoms with Crippen LogP contribution in [-0.2, 0) is 9.53 Å². The minimum atomic E-state index is -2.52. The molecule has 0 heterocycles. The molecular formula is C13H17F2NO3. The van der Waals surface area contributed by atoms with E-state index in [1.54, 1.807) is 26.0 Å². The first-order valence-corrected chi connectivity index (χ1v) is 5.86. The molecule has 0 aliphatic carbocycles. The molecule has 6 heteroatoms. The number of benzene rings is 1. The van der Waals surface area contributed by atoms with Crippen molar-refractivity contribution in [2.45, 2.75) is 26.7 Å². The van der Waals surface area contributed by atoms with Crippen LogP contribution in [0.3, 0.4) is 0 Å². The zero-order valence-electron chi connectivity index (χ0n) is 10.9. The predicted molar refractivity (Wildman–Crippen MR) is 67.7 cm³/mol. The monoisotopic (exact) mass is 273 g/mol. The highest BCUT2D eigenvalue weighted by atomic mass is 19.3. The van der Waals surface area contributed by atoms with Crippen LogP contribution < -0.4 is 5.32 Å². The number of ether oxygens (including phenoxy) is 1. The van der Waals surface area contributed by atoms with Crippen molar-refractivity contribution >= 4 is 11.6 Å². The van der Waals surface area contributed by atoms with Crippen molar-refractivity contribution < 1.29 is 23.4 Å². The van der Waals surface area contributed by atoms with E-state index in [-0.39, 0.29) is 24.7 Å². The Morgan fingerprint density at radius 2 is 1.95 bits per heavy atom. The minimum absolute atomic E-state index is 0.00565. The fraction of sp³-hybridized carbons (Fsp3) is 0.462. The first-order chi connectivity index (χ1) is 8.90. The van der Waals surface area contributed by atoms with Crippen molar-refractivity contribution in [1.29, 1.82) is 0 Å². The molecule has 106 valence electrons. The molecule has 0 fully saturated rings. The summed E-state index contributed by atoms with van der Waals surface area (Å²) in [5.41, 5.74) is 1.88. The second-order valence-electron chi connectivity index (χ2n) is 4.22. The first kappa shape index (κ1) is 15.4. The number of aryl methyl sites for hydroxylation is 2. The number of phenols is 1. The molecular weight excluding hydrogens is 256 g/mol. The lowest BCUT2D eigenvalue weighted by molar-refractivity contribution is -0.117. The van der Waals surface area contributed by atoms with Gasteiger partial charge in [-0.15, -0.1) is 0 Å². The third kappa shape index (κ3) is 5.21. The standard InChI is InChI=1S/C13H17F2NO3/c1-8-5-10(6-9(2)13(8)18)16-12(17)3-4-19-7-11(14)15/h5-6,11,18H,3-4,7H2,1-2H3,(H,16,17). The maximum absolute atomic E-state index is 11.8. The second-order valence-corrected chi connectivity index (χ2v) is 4.22. The first-order valence-electron chi connectivity index (χ1n) is 5.86. The van der Waals surface area contributed by atoms with Gasteiger partial charge in [0.2, 0.25) is 5.91 Å². The van der Waals surface area contributed by atoms with Crippen LogP contribution in [0.5, 0.6) is 5.75 Å². The van der Waals surface area contributed by atoms with Crippen molar-refractivity contribution in [1.82, 2.24) is 0 Å². The maximum Gasteiger partial charge on any atom is 0.261 e. The van der Waals surface area contributed by atoms with E-state index in [1.165, 1.54) is 0 Å². The van der Waals surface area contributed by atoms with Crippen LogP contribution in [0.1, 0.15) is 17.5 Å². The molecule has 0 radical (unpaired) electrons. The Balaban J connectivity index is 2.44. The largest absolute Gasteiger partial charge is 0.507 e. The van der Waals surface area contributed by atoms with Crippen molar-refractivity contribution in [3.63, 3.8) is 0 Å². The van der Waals surface area contributed by atoms with Gasteiger partial charge < -0.3 is 15.2 Å². The Labute approximate surface area is 110 Å². The molecule has 0 bridgehead atoms. The maximum atomic E-state index is 11.8. The molecule has 0 saturated carbocycles. The summed E-state index contributed by atoms with van der Waals surface area (Å²) in [6.45, 7) is 2.74. The van der Waals surface area contributed by atoms with Crippen LogP contribution in [0.4, 0.5) is 14.5 Å². The summed E-state index contributed by atoms with van der Waals surface area (Å²) in [6, 6.07) is 3.28. The number of nitrogens with one attached hydrogen (secondary N) is 1. The number of aromatic hydroxyl groups is 1. The molecule has 1 rings (SSSR count). The summed E-state index contributed by atoms with van der Waals surface area (Å²) in [5.74, 6) is -0.128. The summed E-state index contributed by atoms with van der Waals surface area (Å²) < 4.78 is 28.2. The number of hydrogen-bond donors (Lipinski definition) is 2. The fourth-order valence-electron chi connectivity index (χ4n) is 1.59. The summed E-state index contributed by atoms with van der Waals surface area (Å²) in [6.07, 6.45) is -2.52. The molecule has 0 aliphatic heterocycles. The van der Waals surface area contributed by atoms with Gasteiger partial charge in [0.15, 0.2) is 0 Å². The van der Waals surface area contributed by atoms with Gasteiger partial charge in [-0.05, 0) is 37.1 Å². The minimum Gasteiger partial charge on any atom is -0.507 e. The van der Waals surface area contributed by atoms with E-state index in [4.69, 9.17) is 0 Å². The van der Waals surface area contributed by atoms with Gasteiger partial charge in [-0.3, -0.25) is 4.79 Å². The van der Waals surface area contributed by atoms with E-state index in [9.17, 15) is 18.7 Å². The molecule has 0 unspecified atom stereocenters. The molecule has 1 aromatic rings. The molecule has 0 atom stereocenters. The smallest absolute Gasteiger partial charge is 0.261 e. The number of phenolic OH excluding ortho intramolecular Hbond substituents is 1. The lowest BCUT2D eigenvalue weighted by atomic mass is 10.1. The van der Waals surface area contributed by atoms with Gasteiger partial charge in [0.1, 0.15) is 12.4 Å². The number of carbonyl (C=O) groups excluding carboxylic acids is 1. The Bertz CT molecular complexity index is 427. The highest BCUT2D eigenvalue weighted by Crippen LogP contribution is 2.25. The molecule has 4 nitrogen and oxygen atoms in total. The topological polar surface area (TPSA) is 58.6 Å². The average Bonchev–Trinajstić information content (AvgIpc) is 2.31. The van der Waals surface area contributed by atoms with Crippen molar-refractivity contribution in [2.24, 2.45) is 0 Å². The summed E-state index contributed by atoms with van der Waals surface area (Å²) in [4.78, 5) is 11.5. The number of amides is 1. The van der Waals surface area contributed by atoms with Gasteiger partial charge in [0.05, 0.1) is 13.0 Å². The van der Waals surface area contributed by atoms with Crippen molar-refractivity contribution in [3.8, 4) is 5.75 Å². The Hall–Kier alpha value is -1.69. The van der Waals surface area contributed by atoms with Crippen LogP contribution in [0.25, 0.3) is 0 Å². The third-order valence-corrected chi connectivity index (χ3v) is 2.49. The normalized spacial score (nSPS) is 10.8. The van der Waals surface area contributed by atoms with E-state index in [1.807, 2.05) is 0 Å². The second kappa shape index (κ2) is 7.04. The third-order valence-electron chi connectivity index (χ3n) is 2.49. The SMILES string of the molecule is Cc1cc(NC(=O)CCOCC(F)F)cc(C)c1O. The van der Waals surface area contributed by atoms with E-state index < -0.39 is 13.0 Å². The van der Waals surface area contributed by atoms with Gasteiger partial charge in [-0.1, -0.05) is 0 Å². The summed E-state index contributed by atoms with van der Waals surface area (Å²) in [7, 11) is 0. The van der Waals surface area contributed by atoms with Gasteiger partial charge >= 0.3 is 0 Å². The lowest BCUT2D eigenvalue weighted by Crippen LogP contribution is -2.15. The zero-order valence-corrected chi connectivity index (χ0v) is 10.9. The molecule has 19 heavy (non-hydrogen) atoms. The molecule has 0 aliphatic rings. The molecule has 0 spiro atoms.